The van der Waals surface area contributed by atoms with E-state index in [4.69, 9.17) is 9.47 Å². The lowest BCUT2D eigenvalue weighted by Gasteiger charge is -2.25. The van der Waals surface area contributed by atoms with Crippen molar-refractivity contribution in [2.75, 3.05) is 25.6 Å². The van der Waals surface area contributed by atoms with Crippen molar-refractivity contribution in [1.29, 1.82) is 0 Å². The Morgan fingerprint density at radius 2 is 2.25 bits per heavy atom. The Bertz CT molecular complexity index is 589. The van der Waals surface area contributed by atoms with E-state index < -0.39 is 0 Å². The smallest absolute Gasteiger partial charge is 0.225 e. The molecule has 1 aliphatic heterocycles. The van der Waals surface area contributed by atoms with E-state index in [1.54, 1.807) is 19.4 Å². The van der Waals surface area contributed by atoms with Crippen molar-refractivity contribution < 1.29 is 9.47 Å². The third kappa shape index (κ3) is 2.82. The lowest BCUT2D eigenvalue weighted by Crippen LogP contribution is -2.27. The van der Waals surface area contributed by atoms with Crippen LogP contribution in [0.3, 0.4) is 0 Å². The van der Waals surface area contributed by atoms with Gasteiger partial charge in [-0.15, -0.1) is 0 Å². The van der Waals surface area contributed by atoms with Crippen molar-refractivity contribution in [2.24, 2.45) is 5.92 Å². The fraction of sp³-hybridized carbons (Fsp3) is 0.333. The maximum atomic E-state index is 5.76. The van der Waals surface area contributed by atoms with Gasteiger partial charge in [0.1, 0.15) is 5.75 Å². The van der Waals surface area contributed by atoms with E-state index in [0.29, 0.717) is 24.4 Å². The second-order valence-electron chi connectivity index (χ2n) is 4.79. The molecule has 2 aromatic rings. The van der Waals surface area contributed by atoms with Crippen LogP contribution in [0.1, 0.15) is 5.56 Å². The van der Waals surface area contributed by atoms with Gasteiger partial charge in [0.15, 0.2) is 0 Å². The number of para-hydroxylation sites is 1. The molecule has 5 nitrogen and oxygen atoms in total. The maximum Gasteiger partial charge on any atom is 0.225 e. The molecular formula is C15H17N3O2. The monoisotopic (exact) mass is 271 g/mol. The number of benzene rings is 1. The molecule has 0 unspecified atom stereocenters. The summed E-state index contributed by atoms with van der Waals surface area (Å²) < 4.78 is 10.8. The molecule has 0 amide bonds. The average molecular weight is 271 g/mol. The van der Waals surface area contributed by atoms with Gasteiger partial charge in [0.05, 0.1) is 13.7 Å². The maximum absolute atomic E-state index is 5.76. The molecular weight excluding hydrogens is 254 g/mol. The van der Waals surface area contributed by atoms with Crippen LogP contribution in [0.25, 0.3) is 0 Å². The SMILES string of the molecule is COc1ccnc(NC[C@H]2COc3ccccc3C2)n1. The Hall–Kier alpha value is -2.30. The van der Waals surface area contributed by atoms with Gasteiger partial charge in [-0.1, -0.05) is 18.2 Å². The summed E-state index contributed by atoms with van der Waals surface area (Å²) in [5, 5.41) is 3.24. The topological polar surface area (TPSA) is 56.3 Å². The first-order valence-corrected chi connectivity index (χ1v) is 6.67. The summed E-state index contributed by atoms with van der Waals surface area (Å²) in [6.45, 7) is 1.50. The minimum Gasteiger partial charge on any atom is -0.493 e. The van der Waals surface area contributed by atoms with Crippen LogP contribution in [0, 0.1) is 5.92 Å². The molecule has 0 bridgehead atoms. The Labute approximate surface area is 118 Å². The van der Waals surface area contributed by atoms with Crippen LogP contribution < -0.4 is 14.8 Å². The Morgan fingerprint density at radius 3 is 3.15 bits per heavy atom. The van der Waals surface area contributed by atoms with Crippen molar-refractivity contribution >= 4 is 5.95 Å². The molecule has 20 heavy (non-hydrogen) atoms. The molecule has 0 saturated heterocycles. The van der Waals surface area contributed by atoms with E-state index in [1.807, 2.05) is 18.2 Å². The molecule has 1 aromatic carbocycles. The molecule has 0 spiro atoms. The van der Waals surface area contributed by atoms with Gasteiger partial charge in [-0.25, -0.2) is 4.98 Å². The molecule has 1 atom stereocenters. The van der Waals surface area contributed by atoms with Crippen LogP contribution in [0.4, 0.5) is 5.95 Å². The zero-order chi connectivity index (χ0) is 13.8. The van der Waals surface area contributed by atoms with Gasteiger partial charge in [0.25, 0.3) is 0 Å². The third-order valence-electron chi connectivity index (χ3n) is 3.34. The molecule has 0 fully saturated rings. The largest absolute Gasteiger partial charge is 0.493 e. The van der Waals surface area contributed by atoms with Crippen molar-refractivity contribution in [3.63, 3.8) is 0 Å². The number of fused-ring (bicyclic) bond motifs is 1. The highest BCUT2D eigenvalue weighted by molar-refractivity contribution is 5.35. The van der Waals surface area contributed by atoms with Crippen LogP contribution in [-0.2, 0) is 6.42 Å². The second kappa shape index (κ2) is 5.77. The number of rotatable bonds is 4. The Balaban J connectivity index is 1.60. The lowest BCUT2D eigenvalue weighted by molar-refractivity contribution is 0.229. The van der Waals surface area contributed by atoms with Crippen LogP contribution >= 0.6 is 0 Å². The van der Waals surface area contributed by atoms with Gasteiger partial charge >= 0.3 is 0 Å². The highest BCUT2D eigenvalue weighted by Crippen LogP contribution is 2.26. The normalized spacial score (nSPS) is 16.9. The van der Waals surface area contributed by atoms with Gasteiger partial charge in [-0.2, -0.15) is 4.98 Å². The zero-order valence-electron chi connectivity index (χ0n) is 11.4. The Morgan fingerprint density at radius 1 is 1.35 bits per heavy atom. The average Bonchev–Trinajstić information content (AvgIpc) is 2.53. The van der Waals surface area contributed by atoms with Crippen molar-refractivity contribution in [3.05, 3.63) is 42.1 Å². The third-order valence-corrected chi connectivity index (χ3v) is 3.34. The van der Waals surface area contributed by atoms with Crippen molar-refractivity contribution in [3.8, 4) is 11.6 Å². The van der Waals surface area contributed by atoms with E-state index in [1.165, 1.54) is 5.56 Å². The number of hydrogen-bond acceptors (Lipinski definition) is 5. The van der Waals surface area contributed by atoms with Crippen molar-refractivity contribution in [2.45, 2.75) is 6.42 Å². The lowest BCUT2D eigenvalue weighted by atomic mass is 9.97. The number of ether oxygens (including phenoxy) is 2. The second-order valence-corrected chi connectivity index (χ2v) is 4.79. The molecule has 2 heterocycles. The van der Waals surface area contributed by atoms with Gasteiger partial charge in [-0.05, 0) is 18.1 Å². The van der Waals surface area contributed by atoms with Gasteiger partial charge in [0.2, 0.25) is 11.8 Å². The molecule has 104 valence electrons. The summed E-state index contributed by atoms with van der Waals surface area (Å²) in [7, 11) is 1.60. The Kier molecular flexibility index (Phi) is 3.67. The van der Waals surface area contributed by atoms with Crippen molar-refractivity contribution in [1.82, 2.24) is 9.97 Å². The molecule has 5 heteroatoms. The quantitative estimate of drug-likeness (QED) is 0.923. The summed E-state index contributed by atoms with van der Waals surface area (Å²) in [4.78, 5) is 8.41. The van der Waals surface area contributed by atoms with E-state index in [0.717, 1.165) is 18.7 Å². The van der Waals surface area contributed by atoms with E-state index in [9.17, 15) is 0 Å². The number of anilines is 1. The minimum absolute atomic E-state index is 0.416. The van der Waals surface area contributed by atoms with Crippen LogP contribution in [0.15, 0.2) is 36.5 Å². The number of nitrogens with one attached hydrogen (secondary N) is 1. The molecule has 1 aromatic heterocycles. The fourth-order valence-electron chi connectivity index (χ4n) is 2.30. The van der Waals surface area contributed by atoms with E-state index in [-0.39, 0.29) is 0 Å². The van der Waals surface area contributed by atoms with Crippen LogP contribution in [0.5, 0.6) is 11.6 Å². The zero-order valence-corrected chi connectivity index (χ0v) is 11.4. The predicted octanol–water partition coefficient (Wildman–Crippen LogP) is 2.15. The summed E-state index contributed by atoms with van der Waals surface area (Å²) >= 11 is 0. The number of methoxy groups -OCH3 is 1. The van der Waals surface area contributed by atoms with Crippen LogP contribution in [-0.4, -0.2) is 30.2 Å². The van der Waals surface area contributed by atoms with Gasteiger partial charge in [0, 0.05) is 24.7 Å². The first-order chi connectivity index (χ1) is 9.85. The van der Waals surface area contributed by atoms with E-state index in [2.05, 4.69) is 21.4 Å². The number of hydrogen-bond donors (Lipinski definition) is 1. The highest BCUT2D eigenvalue weighted by Gasteiger charge is 2.19. The molecule has 1 N–H and O–H groups in total. The molecule has 0 radical (unpaired) electrons. The van der Waals surface area contributed by atoms with Gasteiger partial charge in [-0.3, -0.25) is 0 Å². The van der Waals surface area contributed by atoms with Crippen LogP contribution in [0.2, 0.25) is 0 Å². The first kappa shape index (κ1) is 12.7. The van der Waals surface area contributed by atoms with E-state index >= 15 is 0 Å². The summed E-state index contributed by atoms with van der Waals surface area (Å²) in [6.07, 6.45) is 2.69. The standard InChI is InChI=1S/C15H17N3O2/c1-19-14-6-7-16-15(18-14)17-9-11-8-12-4-2-3-5-13(12)20-10-11/h2-7,11H,8-10H2,1H3,(H,16,17,18)/t11-/m0/s1. The fourth-order valence-corrected chi connectivity index (χ4v) is 2.30. The molecule has 0 saturated carbocycles. The molecule has 1 aliphatic rings. The summed E-state index contributed by atoms with van der Waals surface area (Å²) in [5.41, 5.74) is 1.26. The molecule has 3 rings (SSSR count). The minimum atomic E-state index is 0.416. The number of nitrogens with zero attached hydrogens (tertiary/aromatic N) is 2. The predicted molar refractivity (Wildman–Crippen MR) is 76.2 cm³/mol. The summed E-state index contributed by atoms with van der Waals surface area (Å²) in [5.74, 6) is 2.57. The summed E-state index contributed by atoms with van der Waals surface area (Å²) in [6, 6.07) is 9.91. The molecule has 0 aliphatic carbocycles. The first-order valence-electron chi connectivity index (χ1n) is 6.67. The highest BCUT2D eigenvalue weighted by atomic mass is 16.5. The number of aromatic nitrogens is 2. The van der Waals surface area contributed by atoms with Gasteiger partial charge < -0.3 is 14.8 Å².